The predicted octanol–water partition coefficient (Wildman–Crippen LogP) is 3.05. The van der Waals surface area contributed by atoms with Gasteiger partial charge in [0.05, 0.1) is 12.1 Å². The first-order valence-corrected chi connectivity index (χ1v) is 8.30. The van der Waals surface area contributed by atoms with Crippen LogP contribution in [0.15, 0.2) is 0 Å². The van der Waals surface area contributed by atoms with E-state index in [2.05, 4.69) is 37.5 Å². The highest BCUT2D eigenvalue weighted by Crippen LogP contribution is 2.70. The van der Waals surface area contributed by atoms with Crippen LogP contribution in [0, 0.1) is 28.6 Å². The summed E-state index contributed by atoms with van der Waals surface area (Å²) in [4.78, 5) is 2.42. The SMILES string of the molecule is CC1(C)C2CCC1(C)C(O)(CC#CCN1CCCC1)C2. The van der Waals surface area contributed by atoms with Gasteiger partial charge in [-0.25, -0.2) is 0 Å². The summed E-state index contributed by atoms with van der Waals surface area (Å²) in [6.07, 6.45) is 6.70. The molecule has 0 aromatic heterocycles. The Labute approximate surface area is 123 Å². The van der Waals surface area contributed by atoms with Crippen LogP contribution in [0.2, 0.25) is 0 Å². The van der Waals surface area contributed by atoms with Gasteiger partial charge in [-0.3, -0.25) is 4.90 Å². The number of fused-ring (bicyclic) bond motifs is 2. The van der Waals surface area contributed by atoms with Crippen LogP contribution in [0.4, 0.5) is 0 Å². The molecule has 0 aromatic carbocycles. The Balaban J connectivity index is 1.64. The summed E-state index contributed by atoms with van der Waals surface area (Å²) in [5.41, 5.74) is -0.247. The number of aliphatic hydroxyl groups is 1. The Kier molecular flexibility index (Phi) is 3.42. The first-order chi connectivity index (χ1) is 9.39. The number of hydrogen-bond acceptors (Lipinski definition) is 2. The molecule has 3 aliphatic rings. The van der Waals surface area contributed by atoms with Crippen LogP contribution in [0.3, 0.4) is 0 Å². The second-order valence-electron chi connectivity index (χ2n) is 8.04. The van der Waals surface area contributed by atoms with Gasteiger partial charge in [-0.1, -0.05) is 32.6 Å². The van der Waals surface area contributed by atoms with Crippen molar-refractivity contribution >= 4 is 0 Å². The van der Waals surface area contributed by atoms with Gasteiger partial charge in [0.1, 0.15) is 0 Å². The van der Waals surface area contributed by atoms with Crippen molar-refractivity contribution < 1.29 is 5.11 Å². The molecule has 1 saturated heterocycles. The average molecular weight is 275 g/mol. The van der Waals surface area contributed by atoms with Crippen LogP contribution >= 0.6 is 0 Å². The van der Waals surface area contributed by atoms with E-state index >= 15 is 0 Å². The van der Waals surface area contributed by atoms with E-state index in [4.69, 9.17) is 0 Å². The molecular formula is C18H29NO. The lowest BCUT2D eigenvalue weighted by molar-refractivity contribution is -0.0852. The summed E-state index contributed by atoms with van der Waals surface area (Å²) in [6.45, 7) is 10.3. The molecule has 2 aliphatic carbocycles. The van der Waals surface area contributed by atoms with Gasteiger partial charge < -0.3 is 5.11 Å². The van der Waals surface area contributed by atoms with E-state index in [1.807, 2.05) is 0 Å². The van der Waals surface area contributed by atoms with Crippen molar-refractivity contribution in [3.05, 3.63) is 0 Å². The highest BCUT2D eigenvalue weighted by atomic mass is 16.3. The lowest BCUT2D eigenvalue weighted by atomic mass is 9.63. The maximum Gasteiger partial charge on any atom is 0.0817 e. The molecule has 3 unspecified atom stereocenters. The summed E-state index contributed by atoms with van der Waals surface area (Å²) in [5, 5.41) is 11.2. The molecule has 2 nitrogen and oxygen atoms in total. The maximum atomic E-state index is 11.2. The van der Waals surface area contributed by atoms with Gasteiger partial charge in [0.25, 0.3) is 0 Å². The van der Waals surface area contributed by atoms with Crippen LogP contribution in [-0.4, -0.2) is 35.2 Å². The molecule has 0 spiro atoms. The number of nitrogens with zero attached hydrogens (tertiary/aromatic N) is 1. The molecule has 2 heteroatoms. The van der Waals surface area contributed by atoms with E-state index in [9.17, 15) is 5.11 Å². The molecule has 0 amide bonds. The van der Waals surface area contributed by atoms with Crippen LogP contribution < -0.4 is 0 Å². The Hall–Kier alpha value is -0.520. The lowest BCUT2D eigenvalue weighted by Crippen LogP contribution is -2.46. The molecule has 2 saturated carbocycles. The molecule has 2 bridgehead atoms. The summed E-state index contributed by atoms with van der Waals surface area (Å²) < 4.78 is 0. The number of likely N-dealkylation sites (tertiary alicyclic amines) is 1. The van der Waals surface area contributed by atoms with E-state index in [0.717, 1.165) is 19.4 Å². The molecule has 3 rings (SSSR count). The monoisotopic (exact) mass is 275 g/mol. The van der Waals surface area contributed by atoms with Crippen molar-refractivity contribution in [3.63, 3.8) is 0 Å². The fourth-order valence-electron chi connectivity index (χ4n) is 5.00. The molecule has 112 valence electrons. The largest absolute Gasteiger partial charge is 0.388 e. The average Bonchev–Trinajstić information content (AvgIpc) is 3.01. The standard InChI is InChI=1S/C18H29NO/c1-16(2)15-8-10-17(16,3)18(20,14-15)9-4-5-11-19-12-6-7-13-19/h15,20H,6-14H2,1-3H3. The highest BCUT2D eigenvalue weighted by Gasteiger charge is 2.67. The Morgan fingerprint density at radius 3 is 2.40 bits per heavy atom. The van der Waals surface area contributed by atoms with E-state index in [1.54, 1.807) is 0 Å². The molecule has 3 fully saturated rings. The minimum atomic E-state index is -0.558. The topological polar surface area (TPSA) is 23.5 Å². The molecule has 0 radical (unpaired) electrons. The third kappa shape index (κ3) is 1.94. The first kappa shape index (κ1) is 14.4. The molecule has 1 aliphatic heterocycles. The normalized spacial score (nSPS) is 42.7. The van der Waals surface area contributed by atoms with Crippen molar-refractivity contribution in [1.29, 1.82) is 0 Å². The minimum Gasteiger partial charge on any atom is -0.388 e. The van der Waals surface area contributed by atoms with Gasteiger partial charge in [-0.2, -0.15) is 0 Å². The van der Waals surface area contributed by atoms with Gasteiger partial charge in [0.2, 0.25) is 0 Å². The summed E-state index contributed by atoms with van der Waals surface area (Å²) in [7, 11) is 0. The van der Waals surface area contributed by atoms with Crippen molar-refractivity contribution in [2.75, 3.05) is 19.6 Å². The Bertz CT molecular complexity index is 440. The van der Waals surface area contributed by atoms with E-state index < -0.39 is 5.60 Å². The minimum absolute atomic E-state index is 0.0486. The van der Waals surface area contributed by atoms with Crippen LogP contribution in [0.25, 0.3) is 0 Å². The van der Waals surface area contributed by atoms with Gasteiger partial charge in [-0.15, -0.1) is 0 Å². The molecule has 3 atom stereocenters. The third-order valence-corrected chi connectivity index (χ3v) is 7.05. The second-order valence-corrected chi connectivity index (χ2v) is 8.04. The summed E-state index contributed by atoms with van der Waals surface area (Å²) in [6, 6.07) is 0. The number of hydrogen-bond donors (Lipinski definition) is 1. The van der Waals surface area contributed by atoms with E-state index in [1.165, 1.54) is 32.4 Å². The van der Waals surface area contributed by atoms with Crippen molar-refractivity contribution in [2.24, 2.45) is 16.7 Å². The molecular weight excluding hydrogens is 246 g/mol. The summed E-state index contributed by atoms with van der Waals surface area (Å²) in [5.74, 6) is 7.28. The van der Waals surface area contributed by atoms with Crippen LogP contribution in [0.5, 0.6) is 0 Å². The zero-order valence-electron chi connectivity index (χ0n) is 13.3. The Morgan fingerprint density at radius 2 is 1.85 bits per heavy atom. The zero-order chi connectivity index (χ0) is 14.4. The smallest absolute Gasteiger partial charge is 0.0817 e. The highest BCUT2D eigenvalue weighted by molar-refractivity contribution is 5.21. The maximum absolute atomic E-state index is 11.2. The van der Waals surface area contributed by atoms with Gasteiger partial charge >= 0.3 is 0 Å². The fraction of sp³-hybridized carbons (Fsp3) is 0.889. The molecule has 20 heavy (non-hydrogen) atoms. The van der Waals surface area contributed by atoms with E-state index in [0.29, 0.717) is 12.3 Å². The van der Waals surface area contributed by atoms with Crippen molar-refractivity contribution in [3.8, 4) is 11.8 Å². The quantitative estimate of drug-likeness (QED) is 0.783. The summed E-state index contributed by atoms with van der Waals surface area (Å²) >= 11 is 0. The van der Waals surface area contributed by atoms with Gasteiger partial charge in [-0.05, 0) is 56.5 Å². The Morgan fingerprint density at radius 1 is 1.15 bits per heavy atom. The molecule has 1 heterocycles. The van der Waals surface area contributed by atoms with Crippen LogP contribution in [0.1, 0.15) is 59.3 Å². The zero-order valence-corrected chi connectivity index (χ0v) is 13.3. The van der Waals surface area contributed by atoms with Crippen molar-refractivity contribution in [1.82, 2.24) is 4.90 Å². The molecule has 1 N–H and O–H groups in total. The predicted molar refractivity (Wildman–Crippen MR) is 82.2 cm³/mol. The van der Waals surface area contributed by atoms with Gasteiger partial charge in [0.15, 0.2) is 0 Å². The third-order valence-electron chi connectivity index (χ3n) is 7.05. The van der Waals surface area contributed by atoms with Gasteiger partial charge in [0, 0.05) is 11.8 Å². The molecule has 0 aromatic rings. The van der Waals surface area contributed by atoms with Crippen LogP contribution in [-0.2, 0) is 0 Å². The van der Waals surface area contributed by atoms with E-state index in [-0.39, 0.29) is 10.8 Å². The first-order valence-electron chi connectivity index (χ1n) is 8.30. The fourth-order valence-corrected chi connectivity index (χ4v) is 5.00. The number of rotatable bonds is 2. The second kappa shape index (κ2) is 4.75. The van der Waals surface area contributed by atoms with Crippen molar-refractivity contribution in [2.45, 2.75) is 64.9 Å². The lowest BCUT2D eigenvalue weighted by Gasteiger charge is -2.44.